The minimum Gasteiger partial charge on any atom is -0.489 e. The van der Waals surface area contributed by atoms with Gasteiger partial charge in [0.05, 0.1) is 19.5 Å². The number of ether oxygens (including phenoxy) is 3. The average Bonchev–Trinajstić information content (AvgIpc) is 3.81. The van der Waals surface area contributed by atoms with Crippen LogP contribution in [-0.2, 0) is 66.1 Å². The standard InChI is InChI=1S/C46H52N8O9/c1-30(41(47)55)50-42(56)31(2)51-45(59)40(28-61-25-33-12-6-3-7-13-33)53-43(57)38(22-32-18-20-37(21-19-32)62-26-34-14-8-4-9-15-34)52-44(58)39(23-36-24-48-29-49-36)54-46(60)63-27-35-16-10-5-11-17-35/h3-21,24,29-31,38-40H,22-23,25-28H2,1-2H3,(H2,47,55)(H,48,49)(H,50,56)(H,51,59)(H,52,58)(H,53,57)(H,54,60)/t30-,31?,38+,39+,40+/m0/s1. The van der Waals surface area contributed by atoms with Crippen molar-refractivity contribution in [3.8, 4) is 5.75 Å². The molecule has 6 amide bonds. The Kier molecular flexibility index (Phi) is 17.8. The molecule has 0 bridgehead atoms. The maximum atomic E-state index is 14.4. The van der Waals surface area contributed by atoms with Crippen LogP contribution in [0.4, 0.5) is 4.79 Å². The number of hydrogen-bond acceptors (Lipinski definition) is 10. The number of nitrogens with zero attached hydrogens (tertiary/aromatic N) is 1. The Morgan fingerprint density at radius 3 is 1.67 bits per heavy atom. The Balaban J connectivity index is 1.36. The molecule has 330 valence electrons. The lowest BCUT2D eigenvalue weighted by molar-refractivity contribution is -0.135. The number of aromatic nitrogens is 2. The van der Waals surface area contributed by atoms with Crippen molar-refractivity contribution < 1.29 is 43.0 Å². The van der Waals surface area contributed by atoms with Crippen LogP contribution in [0, 0.1) is 0 Å². The van der Waals surface area contributed by atoms with Crippen molar-refractivity contribution in [1.82, 2.24) is 36.6 Å². The molecule has 0 saturated carbocycles. The van der Waals surface area contributed by atoms with Crippen molar-refractivity contribution in [2.45, 2.75) is 76.7 Å². The highest BCUT2D eigenvalue weighted by molar-refractivity contribution is 5.96. The summed E-state index contributed by atoms with van der Waals surface area (Å²) < 4.78 is 17.2. The number of carbonyl (C=O) groups is 6. The monoisotopic (exact) mass is 860 g/mol. The number of H-pyrrole nitrogens is 1. The Labute approximate surface area is 364 Å². The molecule has 5 aromatic rings. The SMILES string of the molecule is CC(NC(=O)[C@@H](COCc1ccccc1)NC(=O)[C@@H](Cc1ccc(OCc2ccccc2)cc1)NC(=O)[C@@H](Cc1cnc[nH]1)NC(=O)OCc1ccccc1)C(=O)N[C@@H](C)C(N)=O. The van der Waals surface area contributed by atoms with Crippen LogP contribution in [0.3, 0.4) is 0 Å². The van der Waals surface area contributed by atoms with Crippen LogP contribution in [0.1, 0.15) is 41.8 Å². The topological polar surface area (TPSA) is 245 Å². The minimum atomic E-state index is -1.37. The zero-order valence-corrected chi connectivity index (χ0v) is 35.0. The summed E-state index contributed by atoms with van der Waals surface area (Å²) in [6, 6.07) is 28.6. The fourth-order valence-corrected chi connectivity index (χ4v) is 6.03. The first-order valence-electron chi connectivity index (χ1n) is 20.3. The smallest absolute Gasteiger partial charge is 0.408 e. The Bertz CT molecular complexity index is 2230. The molecule has 0 aliphatic heterocycles. The summed E-state index contributed by atoms with van der Waals surface area (Å²) >= 11 is 0. The number of hydrogen-bond donors (Lipinski definition) is 7. The Morgan fingerprint density at radius 1 is 0.571 bits per heavy atom. The van der Waals surface area contributed by atoms with Gasteiger partial charge in [-0.25, -0.2) is 9.78 Å². The summed E-state index contributed by atoms with van der Waals surface area (Å²) in [6.07, 6.45) is 1.95. The predicted octanol–water partition coefficient (Wildman–Crippen LogP) is 2.75. The second-order valence-corrected chi connectivity index (χ2v) is 14.6. The summed E-state index contributed by atoms with van der Waals surface area (Å²) in [5, 5.41) is 13.0. The number of nitrogens with one attached hydrogen (secondary N) is 6. The number of alkyl carbamates (subject to hydrolysis) is 1. The molecule has 5 atom stereocenters. The van der Waals surface area contributed by atoms with Crippen molar-refractivity contribution in [3.63, 3.8) is 0 Å². The molecule has 1 heterocycles. The maximum Gasteiger partial charge on any atom is 0.408 e. The number of nitrogens with two attached hydrogens (primary N) is 1. The van der Waals surface area contributed by atoms with E-state index in [-0.39, 0.29) is 32.7 Å². The van der Waals surface area contributed by atoms with Crippen LogP contribution in [0.25, 0.3) is 0 Å². The molecule has 17 nitrogen and oxygen atoms in total. The minimum absolute atomic E-state index is 0.0409. The van der Waals surface area contributed by atoms with E-state index in [4.69, 9.17) is 19.9 Å². The van der Waals surface area contributed by atoms with E-state index in [0.29, 0.717) is 23.6 Å². The van der Waals surface area contributed by atoms with Gasteiger partial charge in [-0.15, -0.1) is 0 Å². The number of primary amides is 1. The molecule has 8 N–H and O–H groups in total. The van der Waals surface area contributed by atoms with Gasteiger partial charge in [-0.2, -0.15) is 0 Å². The predicted molar refractivity (Wildman–Crippen MR) is 231 cm³/mol. The molecule has 0 radical (unpaired) electrons. The summed E-state index contributed by atoms with van der Waals surface area (Å²) in [5.74, 6) is -3.18. The number of amides is 6. The largest absolute Gasteiger partial charge is 0.489 e. The van der Waals surface area contributed by atoms with Gasteiger partial charge in [-0.1, -0.05) is 103 Å². The molecule has 17 heteroatoms. The molecule has 0 fully saturated rings. The van der Waals surface area contributed by atoms with Crippen LogP contribution < -0.4 is 37.1 Å². The molecule has 0 aliphatic carbocycles. The van der Waals surface area contributed by atoms with Gasteiger partial charge in [-0.05, 0) is 48.2 Å². The van der Waals surface area contributed by atoms with E-state index in [9.17, 15) is 28.8 Å². The second-order valence-electron chi connectivity index (χ2n) is 14.6. The first-order chi connectivity index (χ1) is 30.4. The summed E-state index contributed by atoms with van der Waals surface area (Å²) in [5.41, 5.74) is 8.94. The lowest BCUT2D eigenvalue weighted by Crippen LogP contribution is -2.60. The van der Waals surface area contributed by atoms with E-state index in [1.165, 1.54) is 26.4 Å². The van der Waals surface area contributed by atoms with E-state index in [1.807, 2.05) is 66.7 Å². The third-order valence-corrected chi connectivity index (χ3v) is 9.61. The summed E-state index contributed by atoms with van der Waals surface area (Å²) in [4.78, 5) is 86.7. The van der Waals surface area contributed by atoms with Gasteiger partial charge in [0.15, 0.2) is 0 Å². The van der Waals surface area contributed by atoms with Crippen molar-refractivity contribution in [2.75, 3.05) is 6.61 Å². The number of aromatic amines is 1. The molecular formula is C46H52N8O9. The zero-order valence-electron chi connectivity index (χ0n) is 35.0. The summed E-state index contributed by atoms with van der Waals surface area (Å²) in [7, 11) is 0. The molecular weight excluding hydrogens is 809 g/mol. The third-order valence-electron chi connectivity index (χ3n) is 9.61. The molecule has 5 rings (SSSR count). The van der Waals surface area contributed by atoms with Crippen LogP contribution in [0.15, 0.2) is 128 Å². The van der Waals surface area contributed by atoms with Crippen molar-refractivity contribution in [2.24, 2.45) is 5.73 Å². The van der Waals surface area contributed by atoms with Crippen LogP contribution in [0.2, 0.25) is 0 Å². The highest BCUT2D eigenvalue weighted by atomic mass is 16.5. The average molecular weight is 861 g/mol. The van der Waals surface area contributed by atoms with Crippen LogP contribution in [-0.4, -0.2) is 82.4 Å². The maximum absolute atomic E-state index is 14.4. The van der Waals surface area contributed by atoms with Gasteiger partial charge >= 0.3 is 6.09 Å². The van der Waals surface area contributed by atoms with Crippen LogP contribution in [0.5, 0.6) is 5.75 Å². The number of carbonyl (C=O) groups excluding carboxylic acids is 6. The van der Waals surface area contributed by atoms with Gasteiger partial charge in [0.25, 0.3) is 0 Å². The molecule has 63 heavy (non-hydrogen) atoms. The van der Waals surface area contributed by atoms with Gasteiger partial charge in [0, 0.05) is 24.7 Å². The van der Waals surface area contributed by atoms with Gasteiger partial charge < -0.3 is 51.5 Å². The fourth-order valence-electron chi connectivity index (χ4n) is 6.03. The van der Waals surface area contributed by atoms with E-state index >= 15 is 0 Å². The van der Waals surface area contributed by atoms with Gasteiger partial charge in [0.1, 0.15) is 49.2 Å². The quantitative estimate of drug-likeness (QED) is 0.0507. The normalized spacial score (nSPS) is 13.2. The molecule has 0 saturated heterocycles. The third kappa shape index (κ3) is 15.8. The van der Waals surface area contributed by atoms with Crippen molar-refractivity contribution >= 4 is 35.6 Å². The van der Waals surface area contributed by atoms with Gasteiger partial charge in [-0.3, -0.25) is 24.0 Å². The number of rotatable bonds is 23. The van der Waals surface area contributed by atoms with Crippen molar-refractivity contribution in [3.05, 3.63) is 156 Å². The molecule has 1 unspecified atom stereocenters. The Morgan fingerprint density at radius 2 is 1.10 bits per heavy atom. The molecule has 0 spiro atoms. The molecule has 1 aromatic heterocycles. The van der Waals surface area contributed by atoms with Gasteiger partial charge in [0.2, 0.25) is 29.5 Å². The lowest BCUT2D eigenvalue weighted by Gasteiger charge is -2.26. The van der Waals surface area contributed by atoms with Crippen molar-refractivity contribution in [1.29, 1.82) is 0 Å². The number of imidazole rings is 1. The van der Waals surface area contributed by atoms with Crippen LogP contribution >= 0.6 is 0 Å². The highest BCUT2D eigenvalue weighted by Crippen LogP contribution is 2.16. The number of benzene rings is 4. The first-order valence-corrected chi connectivity index (χ1v) is 20.3. The highest BCUT2D eigenvalue weighted by Gasteiger charge is 2.32. The second kappa shape index (κ2) is 24.0. The Hall–Kier alpha value is -7.53. The molecule has 4 aromatic carbocycles. The lowest BCUT2D eigenvalue weighted by atomic mass is 10.0. The zero-order chi connectivity index (χ0) is 45.0. The van der Waals surface area contributed by atoms with E-state index in [2.05, 4.69) is 36.6 Å². The first kappa shape index (κ1) is 46.5. The fraction of sp³-hybridized carbons (Fsp3) is 0.283. The molecule has 0 aliphatic rings. The van der Waals surface area contributed by atoms with E-state index in [1.54, 1.807) is 48.5 Å². The van der Waals surface area contributed by atoms with E-state index < -0.39 is 65.8 Å². The summed E-state index contributed by atoms with van der Waals surface area (Å²) in [6.45, 7) is 2.84. The van der Waals surface area contributed by atoms with E-state index in [0.717, 1.165) is 16.7 Å².